The third-order valence-corrected chi connectivity index (χ3v) is 5.47. The van der Waals surface area contributed by atoms with Crippen LogP contribution in [0.4, 0.5) is 0 Å². The number of ether oxygens (including phenoxy) is 3. The van der Waals surface area contributed by atoms with Crippen LogP contribution >= 0.6 is 0 Å². The fourth-order valence-electron chi connectivity index (χ4n) is 3.89. The highest BCUT2D eigenvalue weighted by Gasteiger charge is 2.35. The molecule has 2 aromatic carbocycles. The molecule has 0 radical (unpaired) electrons. The topological polar surface area (TPSA) is 135 Å². The van der Waals surface area contributed by atoms with E-state index in [-0.39, 0.29) is 45.6 Å². The molecule has 34 heavy (non-hydrogen) atoms. The van der Waals surface area contributed by atoms with Gasteiger partial charge < -0.3 is 29.5 Å². The van der Waals surface area contributed by atoms with E-state index >= 15 is 0 Å². The SMILES string of the molecule is COc1cc([C@H](CC(=O)O)c2c(O)ccc3c2O/C(=C/c2cccnc2)C3=O)cc(OC)c1O. The number of carbonyl (C=O) groups excluding carboxylic acids is 1. The van der Waals surface area contributed by atoms with Gasteiger partial charge in [-0.1, -0.05) is 6.07 Å². The lowest BCUT2D eigenvalue weighted by molar-refractivity contribution is -0.137. The monoisotopic (exact) mass is 463 g/mol. The number of methoxy groups -OCH3 is 2. The van der Waals surface area contributed by atoms with Crippen LogP contribution in [0.1, 0.15) is 39.4 Å². The lowest BCUT2D eigenvalue weighted by Crippen LogP contribution is -2.10. The van der Waals surface area contributed by atoms with Crippen molar-refractivity contribution in [3.05, 3.63) is 76.8 Å². The minimum atomic E-state index is -1.15. The Hall–Kier alpha value is -4.53. The molecule has 1 aromatic heterocycles. The van der Waals surface area contributed by atoms with Crippen LogP contribution in [-0.4, -0.2) is 46.3 Å². The summed E-state index contributed by atoms with van der Waals surface area (Å²) in [7, 11) is 2.69. The highest BCUT2D eigenvalue weighted by Crippen LogP contribution is 2.48. The van der Waals surface area contributed by atoms with E-state index in [2.05, 4.69) is 4.98 Å². The molecular formula is C25H21NO8. The predicted molar refractivity (Wildman–Crippen MR) is 121 cm³/mol. The Morgan fingerprint density at radius 3 is 2.44 bits per heavy atom. The Bertz CT molecular complexity index is 1270. The molecule has 1 aliphatic rings. The number of hydrogen-bond acceptors (Lipinski definition) is 8. The molecule has 3 aromatic rings. The second-order valence-corrected chi connectivity index (χ2v) is 7.53. The number of fused-ring (bicyclic) bond motifs is 1. The van der Waals surface area contributed by atoms with Crippen molar-refractivity contribution >= 4 is 17.8 Å². The zero-order valence-electron chi connectivity index (χ0n) is 18.3. The number of rotatable bonds is 7. The predicted octanol–water partition coefficient (Wildman–Crippen LogP) is 3.73. The van der Waals surface area contributed by atoms with Gasteiger partial charge in [-0.05, 0) is 47.5 Å². The summed E-state index contributed by atoms with van der Waals surface area (Å²) in [5.74, 6) is -2.80. The van der Waals surface area contributed by atoms with Gasteiger partial charge in [0.15, 0.2) is 17.3 Å². The van der Waals surface area contributed by atoms with Gasteiger partial charge in [0.1, 0.15) is 11.5 Å². The van der Waals surface area contributed by atoms with E-state index in [1.807, 2.05) is 0 Å². The van der Waals surface area contributed by atoms with Gasteiger partial charge in [0.25, 0.3) is 0 Å². The first-order valence-electron chi connectivity index (χ1n) is 10.2. The number of aliphatic carboxylic acids is 1. The maximum atomic E-state index is 13.0. The third-order valence-electron chi connectivity index (χ3n) is 5.47. The van der Waals surface area contributed by atoms with Gasteiger partial charge in [0.2, 0.25) is 11.5 Å². The number of phenolic OH excluding ortho intramolecular Hbond substituents is 2. The Balaban J connectivity index is 1.88. The number of carbonyl (C=O) groups is 2. The highest BCUT2D eigenvalue weighted by atomic mass is 16.5. The normalized spacial score (nSPS) is 14.4. The number of allylic oxidation sites excluding steroid dienone is 1. The van der Waals surface area contributed by atoms with Gasteiger partial charge in [0, 0.05) is 23.9 Å². The molecule has 174 valence electrons. The van der Waals surface area contributed by atoms with Gasteiger partial charge in [-0.25, -0.2) is 0 Å². The molecule has 2 heterocycles. The highest BCUT2D eigenvalue weighted by molar-refractivity contribution is 6.15. The summed E-state index contributed by atoms with van der Waals surface area (Å²) < 4.78 is 16.3. The van der Waals surface area contributed by atoms with Crippen LogP contribution in [0.2, 0.25) is 0 Å². The number of nitrogens with zero attached hydrogens (tertiary/aromatic N) is 1. The molecule has 0 fully saturated rings. The average molecular weight is 463 g/mol. The van der Waals surface area contributed by atoms with E-state index in [0.717, 1.165) is 0 Å². The molecule has 0 saturated carbocycles. The van der Waals surface area contributed by atoms with Crippen molar-refractivity contribution in [2.45, 2.75) is 12.3 Å². The first-order valence-corrected chi connectivity index (χ1v) is 10.2. The third kappa shape index (κ3) is 4.11. The quantitative estimate of drug-likeness (QED) is 0.448. The van der Waals surface area contributed by atoms with Crippen LogP contribution in [0, 0.1) is 0 Å². The van der Waals surface area contributed by atoms with Crippen LogP contribution in [0.25, 0.3) is 6.08 Å². The molecule has 4 rings (SSSR count). The molecule has 0 saturated heterocycles. The fraction of sp³-hybridized carbons (Fsp3) is 0.160. The van der Waals surface area contributed by atoms with Gasteiger partial charge in [0.05, 0.1) is 26.2 Å². The molecule has 0 unspecified atom stereocenters. The van der Waals surface area contributed by atoms with Crippen LogP contribution in [0.3, 0.4) is 0 Å². The van der Waals surface area contributed by atoms with E-state index in [4.69, 9.17) is 14.2 Å². The molecular weight excluding hydrogens is 442 g/mol. The van der Waals surface area contributed by atoms with Crippen LogP contribution in [0.5, 0.6) is 28.7 Å². The smallest absolute Gasteiger partial charge is 0.304 e. The zero-order chi connectivity index (χ0) is 24.4. The number of carboxylic acids is 1. The molecule has 9 heteroatoms. The summed E-state index contributed by atoms with van der Waals surface area (Å²) in [6, 6.07) is 9.12. The van der Waals surface area contributed by atoms with Crippen molar-refractivity contribution in [1.82, 2.24) is 4.98 Å². The van der Waals surface area contributed by atoms with Crippen molar-refractivity contribution in [2.24, 2.45) is 0 Å². The Kier molecular flexibility index (Phi) is 6.09. The lowest BCUT2D eigenvalue weighted by atomic mass is 9.85. The van der Waals surface area contributed by atoms with Crippen molar-refractivity contribution in [1.29, 1.82) is 0 Å². The maximum absolute atomic E-state index is 13.0. The van der Waals surface area contributed by atoms with Crippen LogP contribution in [-0.2, 0) is 4.79 Å². The number of Topliss-reactive ketones (excluding diaryl/α,β-unsaturated/α-hetero) is 1. The van der Waals surface area contributed by atoms with Gasteiger partial charge in [-0.3, -0.25) is 14.6 Å². The summed E-state index contributed by atoms with van der Waals surface area (Å²) in [4.78, 5) is 28.8. The van der Waals surface area contributed by atoms with Crippen molar-refractivity contribution in [3.8, 4) is 28.7 Å². The van der Waals surface area contributed by atoms with Crippen LogP contribution < -0.4 is 14.2 Å². The Labute approximate surface area is 194 Å². The number of pyridine rings is 1. The minimum absolute atomic E-state index is 0.0183. The summed E-state index contributed by atoms with van der Waals surface area (Å²) in [5, 5.41) is 30.7. The van der Waals surface area contributed by atoms with E-state index in [1.165, 1.54) is 44.6 Å². The summed E-state index contributed by atoms with van der Waals surface area (Å²) >= 11 is 0. The lowest BCUT2D eigenvalue weighted by Gasteiger charge is -2.21. The largest absolute Gasteiger partial charge is 0.508 e. The Morgan fingerprint density at radius 1 is 1.15 bits per heavy atom. The number of hydrogen-bond donors (Lipinski definition) is 3. The van der Waals surface area contributed by atoms with E-state index in [1.54, 1.807) is 24.5 Å². The van der Waals surface area contributed by atoms with Crippen LogP contribution in [0.15, 0.2) is 54.6 Å². The number of benzene rings is 2. The number of carboxylic acid groups (broad SMARTS) is 1. The minimum Gasteiger partial charge on any atom is -0.508 e. The average Bonchev–Trinajstić information content (AvgIpc) is 3.13. The number of aromatic hydroxyl groups is 2. The van der Waals surface area contributed by atoms with Crippen molar-refractivity contribution in [2.75, 3.05) is 14.2 Å². The second kappa shape index (κ2) is 9.14. The van der Waals surface area contributed by atoms with Gasteiger partial charge in [-0.2, -0.15) is 0 Å². The standard InChI is InChI=1S/C25H21NO8/c1-32-18-9-14(10-19(33-2)24(18)31)16(11-21(28)29)22-17(27)6-5-15-23(30)20(34-25(15)22)8-13-4-3-7-26-12-13/h3-10,12,16,27,31H,11H2,1-2H3,(H,28,29)/b20-8+/t16-/m0/s1. The molecule has 0 aliphatic carbocycles. The summed E-state index contributed by atoms with van der Waals surface area (Å²) in [6.07, 6.45) is 4.24. The molecule has 3 N–H and O–H groups in total. The first-order chi connectivity index (χ1) is 16.3. The number of ketones is 1. The summed E-state index contributed by atoms with van der Waals surface area (Å²) in [5.41, 5.74) is 1.33. The number of phenols is 2. The zero-order valence-corrected chi connectivity index (χ0v) is 18.3. The van der Waals surface area contributed by atoms with Crippen molar-refractivity contribution < 1.29 is 39.1 Å². The molecule has 1 atom stereocenters. The second-order valence-electron chi connectivity index (χ2n) is 7.53. The number of aromatic nitrogens is 1. The van der Waals surface area contributed by atoms with Crippen molar-refractivity contribution in [3.63, 3.8) is 0 Å². The summed E-state index contributed by atoms with van der Waals surface area (Å²) in [6.45, 7) is 0. The molecule has 9 nitrogen and oxygen atoms in total. The van der Waals surface area contributed by atoms with E-state index in [0.29, 0.717) is 11.1 Å². The first kappa shape index (κ1) is 22.7. The van der Waals surface area contributed by atoms with E-state index in [9.17, 15) is 24.9 Å². The van der Waals surface area contributed by atoms with Gasteiger partial charge in [-0.15, -0.1) is 0 Å². The maximum Gasteiger partial charge on any atom is 0.304 e. The molecule has 0 bridgehead atoms. The van der Waals surface area contributed by atoms with E-state index < -0.39 is 24.1 Å². The molecule has 0 amide bonds. The molecule has 0 spiro atoms. The van der Waals surface area contributed by atoms with Gasteiger partial charge >= 0.3 is 5.97 Å². The fourth-order valence-corrected chi connectivity index (χ4v) is 3.89. The molecule has 1 aliphatic heterocycles. The Morgan fingerprint density at radius 2 is 1.85 bits per heavy atom.